The van der Waals surface area contributed by atoms with Crippen molar-refractivity contribution in [3.63, 3.8) is 0 Å². The summed E-state index contributed by atoms with van der Waals surface area (Å²) in [5.74, 6) is -0.256. The highest BCUT2D eigenvalue weighted by Gasteiger charge is 2.27. The molecule has 0 saturated heterocycles. The Kier molecular flexibility index (Phi) is 8.88. The molecule has 0 spiro atoms. The summed E-state index contributed by atoms with van der Waals surface area (Å²) >= 11 is 0. The molecule has 3 heteroatoms. The second-order valence-electron chi connectivity index (χ2n) is 7.73. The lowest BCUT2D eigenvalue weighted by Crippen LogP contribution is -2.20. The fourth-order valence-corrected chi connectivity index (χ4v) is 3.45. The van der Waals surface area contributed by atoms with Crippen LogP contribution in [0.2, 0.25) is 0 Å². The molecule has 0 N–H and O–H groups in total. The number of hydrogen-bond donors (Lipinski definition) is 0. The van der Waals surface area contributed by atoms with Gasteiger partial charge in [0.15, 0.2) is 0 Å². The highest BCUT2D eigenvalue weighted by atomic mass is 16.5. The van der Waals surface area contributed by atoms with Crippen LogP contribution in [-0.4, -0.2) is 24.8 Å². The van der Waals surface area contributed by atoms with Gasteiger partial charge in [0.1, 0.15) is 6.61 Å². The average molecular weight is 346 g/mol. The minimum absolute atomic E-state index is 0.256. The third kappa shape index (κ3) is 8.33. The van der Waals surface area contributed by atoms with E-state index in [0.29, 0.717) is 18.6 Å². The molecule has 0 saturated carbocycles. The van der Waals surface area contributed by atoms with Crippen LogP contribution < -0.4 is 0 Å². The van der Waals surface area contributed by atoms with Crippen LogP contribution in [0, 0.1) is 5.41 Å². The largest absolute Gasteiger partial charge is 0.464 e. The first-order valence-corrected chi connectivity index (χ1v) is 9.39. The van der Waals surface area contributed by atoms with E-state index >= 15 is 0 Å². The van der Waals surface area contributed by atoms with E-state index in [1.165, 1.54) is 38.2 Å². The van der Waals surface area contributed by atoms with Gasteiger partial charge in [0.2, 0.25) is 0 Å². The Morgan fingerprint density at radius 2 is 2.00 bits per heavy atom. The summed E-state index contributed by atoms with van der Waals surface area (Å²) in [4.78, 5) is 15.0. The van der Waals surface area contributed by atoms with Crippen molar-refractivity contribution in [3.8, 4) is 0 Å². The molecular weight excluding hydrogens is 310 g/mol. The third-order valence-electron chi connectivity index (χ3n) is 4.93. The van der Waals surface area contributed by atoms with Crippen molar-refractivity contribution >= 4 is 11.7 Å². The van der Waals surface area contributed by atoms with E-state index in [1.54, 1.807) is 11.1 Å². The van der Waals surface area contributed by atoms with Gasteiger partial charge < -0.3 is 4.74 Å². The molecule has 25 heavy (non-hydrogen) atoms. The minimum atomic E-state index is -0.256. The highest BCUT2D eigenvalue weighted by molar-refractivity contribution is 5.92. The monoisotopic (exact) mass is 345 g/mol. The van der Waals surface area contributed by atoms with Crippen molar-refractivity contribution in [1.29, 1.82) is 0 Å². The van der Waals surface area contributed by atoms with E-state index in [1.807, 2.05) is 13.0 Å². The van der Waals surface area contributed by atoms with Crippen molar-refractivity contribution in [2.45, 2.75) is 73.6 Å². The van der Waals surface area contributed by atoms with E-state index in [9.17, 15) is 4.79 Å². The van der Waals surface area contributed by atoms with E-state index in [-0.39, 0.29) is 5.97 Å². The Morgan fingerprint density at radius 1 is 1.28 bits per heavy atom. The molecule has 0 aliphatic heterocycles. The SMILES string of the molecule is CC(=O)OCC/N=C(C)/C=C/C=C(\C)CCC1=C(C)CCCC1(C)C. The number of allylic oxidation sites excluding steroid dienone is 6. The van der Waals surface area contributed by atoms with Gasteiger partial charge in [0.25, 0.3) is 0 Å². The van der Waals surface area contributed by atoms with Gasteiger partial charge in [-0.15, -0.1) is 0 Å². The number of hydrogen-bond acceptors (Lipinski definition) is 3. The first kappa shape index (κ1) is 21.4. The Balaban J connectivity index is 2.47. The number of ether oxygens (including phenoxy) is 1. The van der Waals surface area contributed by atoms with Gasteiger partial charge in [-0.3, -0.25) is 9.79 Å². The quantitative estimate of drug-likeness (QED) is 0.183. The standard InChI is InChI=1S/C22H35NO2/c1-17(9-7-11-19(3)23-15-16-25-20(4)24)12-13-21-18(2)10-8-14-22(21,5)6/h7,9,11H,8,10,12-16H2,1-6H3/b11-7+,17-9+,23-19+. The molecule has 0 aromatic carbocycles. The Labute approximate surface area is 153 Å². The zero-order valence-corrected chi connectivity index (χ0v) is 16.9. The topological polar surface area (TPSA) is 38.7 Å². The molecule has 0 bridgehead atoms. The van der Waals surface area contributed by atoms with Crippen molar-refractivity contribution in [2.24, 2.45) is 10.4 Å². The molecule has 0 radical (unpaired) electrons. The molecule has 0 aromatic rings. The van der Waals surface area contributed by atoms with Crippen LogP contribution in [-0.2, 0) is 9.53 Å². The number of rotatable bonds is 8. The van der Waals surface area contributed by atoms with E-state index in [0.717, 1.165) is 12.1 Å². The molecular formula is C22H35NO2. The predicted molar refractivity (Wildman–Crippen MR) is 107 cm³/mol. The second-order valence-corrected chi connectivity index (χ2v) is 7.73. The summed E-state index contributed by atoms with van der Waals surface area (Å²) in [6, 6.07) is 0. The molecule has 3 nitrogen and oxygen atoms in total. The molecule has 0 fully saturated rings. The summed E-state index contributed by atoms with van der Waals surface area (Å²) in [5, 5.41) is 0. The van der Waals surface area contributed by atoms with Crippen LogP contribution in [0.1, 0.15) is 73.6 Å². The Morgan fingerprint density at radius 3 is 2.64 bits per heavy atom. The van der Waals surface area contributed by atoms with Gasteiger partial charge in [-0.2, -0.15) is 0 Å². The van der Waals surface area contributed by atoms with E-state index in [2.05, 4.69) is 44.8 Å². The number of carbonyl (C=O) groups is 1. The van der Waals surface area contributed by atoms with Crippen molar-refractivity contribution < 1.29 is 9.53 Å². The smallest absolute Gasteiger partial charge is 0.302 e. The summed E-state index contributed by atoms with van der Waals surface area (Å²) in [6.07, 6.45) is 12.4. The molecule has 1 aliphatic carbocycles. The lowest BCUT2D eigenvalue weighted by atomic mass is 9.71. The van der Waals surface area contributed by atoms with Crippen LogP contribution in [0.15, 0.2) is 39.9 Å². The maximum atomic E-state index is 10.7. The van der Waals surface area contributed by atoms with Gasteiger partial charge in [0, 0.05) is 12.6 Å². The Hall–Kier alpha value is -1.64. The predicted octanol–water partition coefficient (Wildman–Crippen LogP) is 5.82. The van der Waals surface area contributed by atoms with Crippen molar-refractivity contribution in [2.75, 3.05) is 13.2 Å². The van der Waals surface area contributed by atoms with E-state index < -0.39 is 0 Å². The van der Waals surface area contributed by atoms with Crippen LogP contribution in [0.3, 0.4) is 0 Å². The van der Waals surface area contributed by atoms with E-state index in [4.69, 9.17) is 4.74 Å². The number of esters is 1. The third-order valence-corrected chi connectivity index (χ3v) is 4.93. The summed E-state index contributed by atoms with van der Waals surface area (Å²) in [5.41, 5.74) is 5.98. The van der Waals surface area contributed by atoms with Gasteiger partial charge in [-0.05, 0) is 64.4 Å². The molecule has 0 amide bonds. The molecule has 1 aliphatic rings. The number of nitrogens with zero attached hydrogens (tertiary/aromatic N) is 1. The zero-order chi connectivity index (χ0) is 18.9. The van der Waals surface area contributed by atoms with Gasteiger partial charge >= 0.3 is 5.97 Å². The fourth-order valence-electron chi connectivity index (χ4n) is 3.45. The van der Waals surface area contributed by atoms with Gasteiger partial charge in [0.05, 0.1) is 6.54 Å². The Bertz CT molecular complexity index is 577. The lowest BCUT2D eigenvalue weighted by molar-refractivity contribution is -0.140. The first-order chi connectivity index (χ1) is 11.7. The summed E-state index contributed by atoms with van der Waals surface area (Å²) < 4.78 is 4.86. The number of carbonyl (C=O) groups excluding carboxylic acids is 1. The molecule has 0 atom stereocenters. The molecule has 140 valence electrons. The maximum Gasteiger partial charge on any atom is 0.302 e. The van der Waals surface area contributed by atoms with Crippen LogP contribution >= 0.6 is 0 Å². The number of aliphatic imine (C=N–C) groups is 1. The molecule has 0 unspecified atom stereocenters. The van der Waals surface area contributed by atoms with Gasteiger partial charge in [-0.1, -0.05) is 42.7 Å². The average Bonchev–Trinajstić information content (AvgIpc) is 2.50. The van der Waals surface area contributed by atoms with Crippen molar-refractivity contribution in [3.05, 3.63) is 34.9 Å². The molecule has 0 heterocycles. The normalized spacial score (nSPS) is 18.8. The fraction of sp³-hybridized carbons (Fsp3) is 0.636. The van der Waals surface area contributed by atoms with Gasteiger partial charge in [-0.25, -0.2) is 0 Å². The summed E-state index contributed by atoms with van der Waals surface area (Å²) in [6.45, 7) is 13.5. The molecule has 1 rings (SSSR count). The van der Waals surface area contributed by atoms with Crippen molar-refractivity contribution in [1.82, 2.24) is 0 Å². The van der Waals surface area contributed by atoms with Crippen LogP contribution in [0.25, 0.3) is 0 Å². The minimum Gasteiger partial charge on any atom is -0.464 e. The lowest BCUT2D eigenvalue weighted by Gasteiger charge is -2.34. The maximum absolute atomic E-state index is 10.7. The second kappa shape index (κ2) is 10.4. The highest BCUT2D eigenvalue weighted by Crippen LogP contribution is 2.42. The summed E-state index contributed by atoms with van der Waals surface area (Å²) in [7, 11) is 0. The first-order valence-electron chi connectivity index (χ1n) is 9.39. The van der Waals surface area contributed by atoms with Crippen LogP contribution in [0.4, 0.5) is 0 Å². The van der Waals surface area contributed by atoms with Crippen LogP contribution in [0.5, 0.6) is 0 Å². The molecule has 0 aromatic heterocycles. The zero-order valence-electron chi connectivity index (χ0n) is 16.9.